The van der Waals surface area contributed by atoms with Crippen molar-refractivity contribution in [2.45, 2.75) is 9.96 Å². The Morgan fingerprint density at radius 3 is 2.35 bits per heavy atom. The fourth-order valence-electron chi connectivity index (χ4n) is 1.88. The van der Waals surface area contributed by atoms with Crippen LogP contribution < -0.4 is 16.0 Å². The van der Waals surface area contributed by atoms with E-state index in [1.807, 2.05) is 36.4 Å². The van der Waals surface area contributed by atoms with Crippen LogP contribution in [0.3, 0.4) is 0 Å². The molecule has 0 fully saturated rings. The zero-order valence-electron chi connectivity index (χ0n) is 12.9. The molecule has 0 aliphatic heterocycles. The topological polar surface area (TPSA) is 53.2 Å². The molecule has 0 heterocycles. The molecule has 0 bridgehead atoms. The number of hydrogen-bond acceptors (Lipinski definition) is 2. The first-order valence-corrected chi connectivity index (χ1v) is 10.5. The minimum Gasteiger partial charge on any atom is -0.339 e. The van der Waals surface area contributed by atoms with Crippen LogP contribution in [0, 0.1) is 3.57 Å². The van der Waals surface area contributed by atoms with Gasteiger partial charge in [0.2, 0.25) is 3.79 Å². The molecule has 0 aliphatic rings. The molecule has 3 N–H and O–H groups in total. The van der Waals surface area contributed by atoms with Crippen molar-refractivity contribution in [2.24, 2.45) is 0 Å². The minimum absolute atomic E-state index is 0.197. The second kappa shape index (κ2) is 9.75. The molecule has 0 radical (unpaired) electrons. The molecule has 0 saturated heterocycles. The lowest BCUT2D eigenvalue weighted by Gasteiger charge is -2.27. The predicted molar refractivity (Wildman–Crippen MR) is 124 cm³/mol. The Kier molecular flexibility index (Phi) is 8.24. The third kappa shape index (κ3) is 7.01. The van der Waals surface area contributed by atoms with Gasteiger partial charge in [-0.1, -0.05) is 56.8 Å². The number of rotatable bonds is 4. The molecule has 1 unspecified atom stereocenters. The van der Waals surface area contributed by atoms with Crippen LogP contribution in [0.25, 0.3) is 0 Å². The second-order valence-electron chi connectivity index (χ2n) is 5.06. The normalized spacial score (nSPS) is 12.2. The van der Waals surface area contributed by atoms with Gasteiger partial charge >= 0.3 is 0 Å². The molecule has 26 heavy (non-hydrogen) atoms. The zero-order chi connectivity index (χ0) is 19.3. The summed E-state index contributed by atoms with van der Waals surface area (Å²) in [6.45, 7) is 0. The largest absolute Gasteiger partial charge is 0.339 e. The smallest absolute Gasteiger partial charge is 0.252 e. The molecule has 2 aromatic rings. The average molecular weight is 608 g/mol. The first-order chi connectivity index (χ1) is 12.1. The monoisotopic (exact) mass is 605 g/mol. The van der Waals surface area contributed by atoms with Crippen molar-refractivity contribution in [2.75, 3.05) is 5.32 Å². The van der Waals surface area contributed by atoms with E-state index in [-0.39, 0.29) is 5.11 Å². The summed E-state index contributed by atoms with van der Waals surface area (Å²) in [5, 5.41) is 8.61. The number of carbonyl (C=O) groups excluding carboxylic acids is 1. The number of amides is 1. The molecule has 4 nitrogen and oxygen atoms in total. The van der Waals surface area contributed by atoms with Crippen LogP contribution in [0.4, 0.5) is 5.69 Å². The molecule has 0 spiro atoms. The van der Waals surface area contributed by atoms with Gasteiger partial charge in [-0.3, -0.25) is 4.79 Å². The van der Waals surface area contributed by atoms with Gasteiger partial charge < -0.3 is 16.0 Å². The van der Waals surface area contributed by atoms with E-state index in [0.717, 1.165) is 13.7 Å². The van der Waals surface area contributed by atoms with Crippen LogP contribution in [-0.4, -0.2) is 21.0 Å². The molecule has 2 aromatic carbocycles. The van der Waals surface area contributed by atoms with Gasteiger partial charge in [-0.2, -0.15) is 0 Å². The van der Waals surface area contributed by atoms with Crippen molar-refractivity contribution in [3.63, 3.8) is 0 Å². The highest BCUT2D eigenvalue weighted by atomic mass is 127. The Morgan fingerprint density at radius 1 is 1.12 bits per heavy atom. The summed E-state index contributed by atoms with van der Waals surface area (Å²) in [4.78, 5) is 12.4. The number of anilines is 1. The van der Waals surface area contributed by atoms with Gasteiger partial charge in [0.25, 0.3) is 5.91 Å². The van der Waals surface area contributed by atoms with Gasteiger partial charge in [-0.15, -0.1) is 0 Å². The Balaban J connectivity index is 2.06. The van der Waals surface area contributed by atoms with Gasteiger partial charge in [0.15, 0.2) is 5.11 Å². The summed E-state index contributed by atoms with van der Waals surface area (Å²) in [6.07, 6.45) is -1.04. The number of hydrogen-bond donors (Lipinski definition) is 3. The lowest BCUT2D eigenvalue weighted by Crippen LogP contribution is -2.56. The highest BCUT2D eigenvalue weighted by molar-refractivity contribution is 14.1. The number of carbonyl (C=O) groups is 1. The fourth-order valence-corrected chi connectivity index (χ4v) is 3.20. The van der Waals surface area contributed by atoms with Gasteiger partial charge in [0.05, 0.1) is 0 Å². The van der Waals surface area contributed by atoms with E-state index >= 15 is 0 Å². The highest BCUT2D eigenvalue weighted by Gasteiger charge is 2.34. The Morgan fingerprint density at radius 2 is 1.77 bits per heavy atom. The maximum Gasteiger partial charge on any atom is 0.252 e. The van der Waals surface area contributed by atoms with E-state index in [9.17, 15) is 4.79 Å². The molecule has 138 valence electrons. The maximum atomic E-state index is 12.4. The van der Waals surface area contributed by atoms with E-state index in [1.54, 1.807) is 12.1 Å². The van der Waals surface area contributed by atoms with Crippen LogP contribution in [-0.2, 0) is 0 Å². The third-order valence-electron chi connectivity index (χ3n) is 3.07. The summed E-state index contributed by atoms with van der Waals surface area (Å²) in [5.74, 6) is -0.393. The zero-order valence-corrected chi connectivity index (χ0v) is 19.7. The molecule has 1 amide bonds. The molecule has 0 aliphatic carbocycles. The van der Waals surface area contributed by atoms with Crippen molar-refractivity contribution in [1.82, 2.24) is 10.6 Å². The average Bonchev–Trinajstić information content (AvgIpc) is 2.53. The van der Waals surface area contributed by atoms with Crippen molar-refractivity contribution >= 4 is 102 Å². The Labute approximate surface area is 193 Å². The van der Waals surface area contributed by atoms with Crippen LogP contribution in [0.1, 0.15) is 10.4 Å². The molecule has 1 atom stereocenters. The molecular formula is C16H12BrCl3IN3OS. The van der Waals surface area contributed by atoms with Gasteiger partial charge in [0.1, 0.15) is 6.17 Å². The van der Waals surface area contributed by atoms with Crippen LogP contribution in [0.2, 0.25) is 0 Å². The number of benzene rings is 2. The van der Waals surface area contributed by atoms with E-state index in [2.05, 4.69) is 54.5 Å². The van der Waals surface area contributed by atoms with Crippen LogP contribution >= 0.6 is 85.5 Å². The molecule has 2 rings (SSSR count). The fraction of sp³-hybridized carbons (Fsp3) is 0.125. The molecule has 0 saturated carbocycles. The summed E-state index contributed by atoms with van der Waals surface area (Å²) in [7, 11) is 0. The summed E-state index contributed by atoms with van der Waals surface area (Å²) in [5.41, 5.74) is 1.18. The van der Waals surface area contributed by atoms with E-state index in [0.29, 0.717) is 5.56 Å². The SMILES string of the molecule is O=C(NC(NC(=S)Nc1cccc(Br)c1)C(Cl)(Cl)Cl)c1ccc(I)cc1. The standard InChI is InChI=1S/C16H12BrCl3IN3OS/c17-10-2-1-3-12(8-10)22-15(26)24-14(16(18,19)20)23-13(25)9-4-6-11(21)7-5-9/h1-8,14H,(H,23,25)(H2,22,24,26). The first kappa shape index (κ1) is 22.0. The van der Waals surface area contributed by atoms with Crippen molar-refractivity contribution in [3.8, 4) is 0 Å². The quantitative estimate of drug-likeness (QED) is 0.187. The number of nitrogens with one attached hydrogen (secondary N) is 3. The van der Waals surface area contributed by atoms with Crippen LogP contribution in [0.15, 0.2) is 53.0 Å². The molecule has 0 aromatic heterocycles. The lowest BCUT2D eigenvalue weighted by molar-refractivity contribution is 0.0934. The molecule has 10 heteroatoms. The Hall–Kier alpha value is -0.320. The maximum absolute atomic E-state index is 12.4. The van der Waals surface area contributed by atoms with Crippen LogP contribution in [0.5, 0.6) is 0 Å². The third-order valence-corrected chi connectivity index (χ3v) is 5.15. The van der Waals surface area contributed by atoms with E-state index < -0.39 is 15.9 Å². The lowest BCUT2D eigenvalue weighted by atomic mass is 10.2. The van der Waals surface area contributed by atoms with Crippen molar-refractivity contribution < 1.29 is 4.79 Å². The Bertz CT molecular complexity index is 802. The van der Waals surface area contributed by atoms with Crippen molar-refractivity contribution in [1.29, 1.82) is 0 Å². The molecular weight excluding hydrogens is 595 g/mol. The van der Waals surface area contributed by atoms with Gasteiger partial charge in [0, 0.05) is 19.3 Å². The first-order valence-electron chi connectivity index (χ1n) is 7.11. The van der Waals surface area contributed by atoms with Gasteiger partial charge in [-0.25, -0.2) is 0 Å². The number of halogens is 5. The van der Waals surface area contributed by atoms with Crippen molar-refractivity contribution in [3.05, 3.63) is 62.1 Å². The summed E-state index contributed by atoms with van der Waals surface area (Å²) >= 11 is 28.7. The summed E-state index contributed by atoms with van der Waals surface area (Å²) in [6, 6.07) is 14.4. The number of alkyl halides is 3. The predicted octanol–water partition coefficient (Wildman–Crippen LogP) is 5.47. The number of thiocarbonyl (C=S) groups is 1. The minimum atomic E-state index is -1.82. The van der Waals surface area contributed by atoms with Gasteiger partial charge in [-0.05, 0) is 77.3 Å². The van der Waals surface area contributed by atoms with E-state index in [1.165, 1.54) is 0 Å². The summed E-state index contributed by atoms with van der Waals surface area (Å²) < 4.78 is 0.0758. The highest BCUT2D eigenvalue weighted by Crippen LogP contribution is 2.29. The van der Waals surface area contributed by atoms with E-state index in [4.69, 9.17) is 47.0 Å². The second-order valence-corrected chi connectivity index (χ2v) is 10.0.